The molecule has 0 aromatic heterocycles. The normalized spacial score (nSPS) is 22.3. The number of Topliss-reactive ketones (excluding diaryl/α,β-unsaturated/α-hetero) is 1. The maximum Gasteiger partial charge on any atom is 0.364 e. The predicted octanol–water partition coefficient (Wildman–Crippen LogP) is 2.41. The van der Waals surface area contributed by atoms with Gasteiger partial charge in [0.2, 0.25) is 0 Å². The molecule has 2 rings (SSSR count). The second-order valence-electron chi connectivity index (χ2n) is 4.32. The van der Waals surface area contributed by atoms with Crippen LogP contribution in [0.15, 0.2) is 35.6 Å². The zero-order valence-corrected chi connectivity index (χ0v) is 10.4. The van der Waals surface area contributed by atoms with Gasteiger partial charge in [0.15, 0.2) is 5.78 Å². The van der Waals surface area contributed by atoms with Crippen LogP contribution in [0.4, 0.5) is 4.39 Å². The maximum absolute atomic E-state index is 13.8. The minimum atomic E-state index is -1.46. The topological polar surface area (TPSA) is 69.4 Å². The number of hydrogen-bond acceptors (Lipinski definition) is 4. The van der Waals surface area contributed by atoms with Gasteiger partial charge in [-0.15, -0.1) is 0 Å². The molecule has 1 aliphatic rings. The lowest BCUT2D eigenvalue weighted by Crippen LogP contribution is -2.27. The number of carbonyl (C=O) groups is 1. The highest BCUT2D eigenvalue weighted by Crippen LogP contribution is 2.40. The standard InChI is InChI=1S/C13H12FNO4/c1-7(16)11-8(2)19-13(15(17)18)12(11)9-5-3-4-6-10(9)14/h3-6,12-13H,1-2H3. The molecule has 1 aromatic rings. The summed E-state index contributed by atoms with van der Waals surface area (Å²) in [5, 5.41) is 11.0. The molecule has 0 aliphatic carbocycles. The molecule has 0 spiro atoms. The van der Waals surface area contributed by atoms with Crippen molar-refractivity contribution in [3.63, 3.8) is 0 Å². The Hall–Kier alpha value is -2.24. The first-order valence-electron chi connectivity index (χ1n) is 5.69. The Morgan fingerprint density at radius 2 is 2.05 bits per heavy atom. The molecule has 100 valence electrons. The average Bonchev–Trinajstić information content (AvgIpc) is 2.67. The van der Waals surface area contributed by atoms with Gasteiger partial charge in [0.05, 0.1) is 10.5 Å². The highest BCUT2D eigenvalue weighted by atomic mass is 19.1. The van der Waals surface area contributed by atoms with Crippen LogP contribution >= 0.6 is 0 Å². The number of rotatable bonds is 3. The summed E-state index contributed by atoms with van der Waals surface area (Å²) in [6.07, 6.45) is -1.46. The average molecular weight is 265 g/mol. The number of hydrogen-bond donors (Lipinski definition) is 0. The lowest BCUT2D eigenvalue weighted by atomic mass is 9.88. The third-order valence-corrected chi connectivity index (χ3v) is 3.10. The van der Waals surface area contributed by atoms with Crippen molar-refractivity contribution >= 4 is 5.78 Å². The van der Waals surface area contributed by atoms with E-state index in [9.17, 15) is 19.3 Å². The predicted molar refractivity (Wildman–Crippen MR) is 64.4 cm³/mol. The Morgan fingerprint density at radius 3 is 2.58 bits per heavy atom. The molecule has 19 heavy (non-hydrogen) atoms. The van der Waals surface area contributed by atoms with E-state index in [0.29, 0.717) is 0 Å². The third kappa shape index (κ3) is 2.21. The zero-order chi connectivity index (χ0) is 14.2. The van der Waals surface area contributed by atoms with Crippen molar-refractivity contribution in [2.45, 2.75) is 26.0 Å². The molecule has 1 heterocycles. The molecule has 1 aliphatic heterocycles. The van der Waals surface area contributed by atoms with Crippen LogP contribution in [-0.4, -0.2) is 16.9 Å². The number of ether oxygens (including phenoxy) is 1. The minimum Gasteiger partial charge on any atom is -0.434 e. The van der Waals surface area contributed by atoms with Crippen LogP contribution in [0.3, 0.4) is 0 Å². The van der Waals surface area contributed by atoms with E-state index in [1.54, 1.807) is 6.07 Å². The maximum atomic E-state index is 13.8. The summed E-state index contributed by atoms with van der Waals surface area (Å²) in [4.78, 5) is 22.0. The Balaban J connectivity index is 2.57. The molecule has 5 nitrogen and oxygen atoms in total. The number of halogens is 1. The van der Waals surface area contributed by atoms with Crippen molar-refractivity contribution < 1.29 is 18.8 Å². The molecule has 0 amide bonds. The lowest BCUT2D eigenvalue weighted by Gasteiger charge is -2.14. The van der Waals surface area contributed by atoms with Crippen molar-refractivity contribution in [3.05, 3.63) is 57.1 Å². The fraction of sp³-hybridized carbons (Fsp3) is 0.308. The number of nitro groups is 1. The Labute approximate surface area is 108 Å². The zero-order valence-electron chi connectivity index (χ0n) is 10.4. The second-order valence-corrected chi connectivity index (χ2v) is 4.32. The molecule has 0 radical (unpaired) electrons. The molecule has 0 saturated heterocycles. The Kier molecular flexibility index (Phi) is 3.33. The quantitative estimate of drug-likeness (QED) is 0.621. The van der Waals surface area contributed by atoms with Crippen LogP contribution in [0.2, 0.25) is 0 Å². The molecule has 2 atom stereocenters. The van der Waals surface area contributed by atoms with Crippen LogP contribution in [-0.2, 0) is 9.53 Å². The van der Waals surface area contributed by atoms with Crippen LogP contribution in [0.25, 0.3) is 0 Å². The van der Waals surface area contributed by atoms with E-state index in [4.69, 9.17) is 4.74 Å². The fourth-order valence-electron chi connectivity index (χ4n) is 2.34. The smallest absolute Gasteiger partial charge is 0.364 e. The van der Waals surface area contributed by atoms with Crippen molar-refractivity contribution in [3.8, 4) is 0 Å². The number of allylic oxidation sites excluding steroid dienone is 1. The van der Waals surface area contributed by atoms with Gasteiger partial charge in [0.1, 0.15) is 17.5 Å². The van der Waals surface area contributed by atoms with Gasteiger partial charge in [-0.1, -0.05) is 18.2 Å². The summed E-state index contributed by atoms with van der Waals surface area (Å²) in [5.41, 5.74) is 0.262. The molecular weight excluding hydrogens is 253 g/mol. The van der Waals surface area contributed by atoms with Crippen LogP contribution < -0.4 is 0 Å². The van der Waals surface area contributed by atoms with E-state index in [1.807, 2.05) is 0 Å². The first-order valence-corrected chi connectivity index (χ1v) is 5.69. The number of ketones is 1. The van der Waals surface area contributed by atoms with Gasteiger partial charge in [0.25, 0.3) is 0 Å². The highest BCUT2D eigenvalue weighted by Gasteiger charge is 2.47. The van der Waals surface area contributed by atoms with Gasteiger partial charge in [0, 0.05) is 5.56 Å². The SMILES string of the molecule is CC(=O)C1=C(C)OC([N+](=O)[O-])C1c1ccccc1F. The molecule has 0 bridgehead atoms. The van der Waals surface area contributed by atoms with Crippen LogP contribution in [0.5, 0.6) is 0 Å². The van der Waals surface area contributed by atoms with E-state index in [-0.39, 0.29) is 22.7 Å². The van der Waals surface area contributed by atoms with Gasteiger partial charge < -0.3 is 4.74 Å². The Morgan fingerprint density at radius 1 is 1.42 bits per heavy atom. The van der Waals surface area contributed by atoms with Crippen molar-refractivity contribution in [2.75, 3.05) is 0 Å². The van der Waals surface area contributed by atoms with E-state index in [0.717, 1.165) is 0 Å². The molecular formula is C13H12FNO4. The number of nitrogens with zero attached hydrogens (tertiary/aromatic N) is 1. The number of carbonyl (C=O) groups excluding carboxylic acids is 1. The lowest BCUT2D eigenvalue weighted by molar-refractivity contribution is -0.570. The van der Waals surface area contributed by atoms with E-state index in [1.165, 1.54) is 32.0 Å². The second kappa shape index (κ2) is 4.79. The first kappa shape index (κ1) is 13.2. The van der Waals surface area contributed by atoms with E-state index < -0.39 is 22.9 Å². The van der Waals surface area contributed by atoms with Crippen molar-refractivity contribution in [1.29, 1.82) is 0 Å². The summed E-state index contributed by atoms with van der Waals surface area (Å²) in [7, 11) is 0. The van der Waals surface area contributed by atoms with Gasteiger partial charge in [-0.3, -0.25) is 14.9 Å². The van der Waals surface area contributed by atoms with Gasteiger partial charge >= 0.3 is 6.23 Å². The number of benzene rings is 1. The Bertz CT molecular complexity index is 582. The molecule has 0 saturated carbocycles. The molecule has 6 heteroatoms. The van der Waals surface area contributed by atoms with Crippen LogP contribution in [0.1, 0.15) is 25.3 Å². The molecule has 0 fully saturated rings. The highest BCUT2D eigenvalue weighted by molar-refractivity contribution is 5.95. The minimum absolute atomic E-state index is 0.103. The van der Waals surface area contributed by atoms with Crippen LogP contribution in [0, 0.1) is 15.9 Å². The van der Waals surface area contributed by atoms with Gasteiger partial charge in [-0.25, -0.2) is 4.39 Å². The van der Waals surface area contributed by atoms with Gasteiger partial charge in [-0.2, -0.15) is 0 Å². The summed E-state index contributed by atoms with van der Waals surface area (Å²) in [5.74, 6) is -1.76. The molecule has 0 N–H and O–H groups in total. The molecule has 2 unspecified atom stereocenters. The van der Waals surface area contributed by atoms with E-state index >= 15 is 0 Å². The van der Waals surface area contributed by atoms with E-state index in [2.05, 4.69) is 0 Å². The van der Waals surface area contributed by atoms with Crippen molar-refractivity contribution in [1.82, 2.24) is 0 Å². The summed E-state index contributed by atoms with van der Waals surface area (Å²) in [6.45, 7) is 2.77. The monoisotopic (exact) mass is 265 g/mol. The third-order valence-electron chi connectivity index (χ3n) is 3.10. The van der Waals surface area contributed by atoms with Gasteiger partial charge in [-0.05, 0) is 19.9 Å². The summed E-state index contributed by atoms with van der Waals surface area (Å²) in [6, 6.07) is 5.69. The largest absolute Gasteiger partial charge is 0.434 e. The first-order chi connectivity index (χ1) is 8.93. The summed E-state index contributed by atoms with van der Waals surface area (Å²) < 4.78 is 18.9. The molecule has 1 aromatic carbocycles. The van der Waals surface area contributed by atoms with Crippen molar-refractivity contribution in [2.24, 2.45) is 0 Å². The fourth-order valence-corrected chi connectivity index (χ4v) is 2.34. The summed E-state index contributed by atoms with van der Waals surface area (Å²) >= 11 is 0.